The van der Waals surface area contributed by atoms with E-state index in [1.165, 1.54) is 6.33 Å². The maximum Gasteiger partial charge on any atom is 0.171 e. The summed E-state index contributed by atoms with van der Waals surface area (Å²) in [6.07, 6.45) is 9.41. The van der Waals surface area contributed by atoms with Crippen molar-refractivity contribution in [1.29, 1.82) is 0 Å². The van der Waals surface area contributed by atoms with Crippen molar-refractivity contribution in [2.45, 2.75) is 26.8 Å². The third-order valence-corrected chi connectivity index (χ3v) is 4.24. The minimum absolute atomic E-state index is 0.0833. The number of hydrogen-bond acceptors (Lipinski definition) is 5. The van der Waals surface area contributed by atoms with Gasteiger partial charge in [0.05, 0.1) is 18.7 Å². The highest BCUT2D eigenvalue weighted by molar-refractivity contribution is 6.31. The smallest absolute Gasteiger partial charge is 0.171 e. The number of aromatic nitrogens is 3. The fourth-order valence-corrected chi connectivity index (χ4v) is 2.95. The van der Waals surface area contributed by atoms with E-state index >= 15 is 0 Å². The molecule has 1 atom stereocenters. The van der Waals surface area contributed by atoms with Crippen LogP contribution >= 0.6 is 11.6 Å². The van der Waals surface area contributed by atoms with Gasteiger partial charge >= 0.3 is 0 Å². The van der Waals surface area contributed by atoms with Gasteiger partial charge in [0.1, 0.15) is 11.8 Å². The van der Waals surface area contributed by atoms with Crippen molar-refractivity contribution >= 4 is 28.5 Å². The van der Waals surface area contributed by atoms with Gasteiger partial charge in [-0.1, -0.05) is 42.5 Å². The predicted octanol–water partition coefficient (Wildman–Crippen LogP) is 4.59. The number of pyridine rings is 1. The fraction of sp³-hybridized carbons (Fsp3) is 0.316. The molecule has 0 spiro atoms. The van der Waals surface area contributed by atoms with Crippen LogP contribution in [0, 0.1) is 0 Å². The molecule has 0 aliphatic carbocycles. The van der Waals surface area contributed by atoms with E-state index in [1.807, 2.05) is 19.1 Å². The highest BCUT2D eigenvalue weighted by Crippen LogP contribution is 2.31. The minimum atomic E-state index is 0.0833. The molecule has 2 aromatic heterocycles. The lowest BCUT2D eigenvalue weighted by atomic mass is 10.1. The first-order chi connectivity index (χ1) is 12.1. The number of halogens is 1. The van der Waals surface area contributed by atoms with Crippen LogP contribution in [-0.2, 0) is 0 Å². The molecule has 0 aliphatic rings. The second-order valence-corrected chi connectivity index (χ2v) is 5.77. The van der Waals surface area contributed by atoms with Crippen LogP contribution < -0.4 is 9.64 Å². The van der Waals surface area contributed by atoms with Crippen LogP contribution in [0.1, 0.15) is 20.8 Å². The number of allylic oxidation sites excluding steroid dienone is 3. The van der Waals surface area contributed by atoms with E-state index in [0.29, 0.717) is 21.9 Å². The molecule has 25 heavy (non-hydrogen) atoms. The number of rotatable bonds is 7. The first-order valence-corrected chi connectivity index (χ1v) is 8.52. The average molecular weight is 359 g/mol. The Labute approximate surface area is 153 Å². The SMILES string of the molecule is C=C/C=C(\C=C/C)C(C)N(CC)c1ncnc2cc(OC)c(Cl)nc12. The summed E-state index contributed by atoms with van der Waals surface area (Å²) in [4.78, 5) is 15.4. The molecular formula is C19H23ClN4O. The Morgan fingerprint density at radius 3 is 2.80 bits per heavy atom. The van der Waals surface area contributed by atoms with Gasteiger partial charge in [0, 0.05) is 12.6 Å². The van der Waals surface area contributed by atoms with Gasteiger partial charge in [-0.2, -0.15) is 0 Å². The molecule has 6 heteroatoms. The van der Waals surface area contributed by atoms with E-state index in [9.17, 15) is 0 Å². The largest absolute Gasteiger partial charge is 0.493 e. The molecule has 0 aliphatic heterocycles. The summed E-state index contributed by atoms with van der Waals surface area (Å²) < 4.78 is 5.23. The predicted molar refractivity (Wildman–Crippen MR) is 104 cm³/mol. The Bertz CT molecular complexity index is 816. The third-order valence-electron chi connectivity index (χ3n) is 3.96. The summed E-state index contributed by atoms with van der Waals surface area (Å²) in [6, 6.07) is 1.86. The Morgan fingerprint density at radius 2 is 2.20 bits per heavy atom. The molecule has 0 saturated heterocycles. The Kier molecular flexibility index (Phi) is 6.53. The van der Waals surface area contributed by atoms with Crippen LogP contribution in [0.5, 0.6) is 5.75 Å². The lowest BCUT2D eigenvalue weighted by molar-refractivity contribution is 0.414. The summed E-state index contributed by atoms with van der Waals surface area (Å²) >= 11 is 6.22. The number of hydrogen-bond donors (Lipinski definition) is 0. The molecule has 2 heterocycles. The summed E-state index contributed by atoms with van der Waals surface area (Å²) in [5.74, 6) is 1.24. The van der Waals surface area contributed by atoms with Gasteiger partial charge in [-0.25, -0.2) is 15.0 Å². The van der Waals surface area contributed by atoms with Gasteiger partial charge in [0.2, 0.25) is 0 Å². The zero-order chi connectivity index (χ0) is 18.4. The van der Waals surface area contributed by atoms with Gasteiger partial charge in [0.25, 0.3) is 0 Å². The first kappa shape index (κ1) is 18.9. The number of anilines is 1. The molecule has 2 rings (SSSR count). The molecule has 1 unspecified atom stereocenters. The first-order valence-electron chi connectivity index (χ1n) is 8.14. The van der Waals surface area contributed by atoms with Crippen molar-refractivity contribution in [2.24, 2.45) is 0 Å². The molecule has 132 valence electrons. The van der Waals surface area contributed by atoms with Crippen molar-refractivity contribution in [2.75, 3.05) is 18.6 Å². The quantitative estimate of drug-likeness (QED) is 0.535. The Balaban J connectivity index is 2.59. The van der Waals surface area contributed by atoms with Crippen LogP contribution in [0.15, 0.2) is 48.8 Å². The van der Waals surface area contributed by atoms with E-state index in [-0.39, 0.29) is 6.04 Å². The van der Waals surface area contributed by atoms with Gasteiger partial charge in [-0.05, 0) is 26.3 Å². The standard InChI is InChI=1S/C19H23ClN4O/c1-6-9-14(10-7-2)13(4)24(8-3)19-17-15(21-12-22-19)11-16(25-5)18(20)23-17/h6-7,9-13H,1,8H2,2-5H3/b10-7-,14-9+. The molecular weight excluding hydrogens is 336 g/mol. The molecule has 0 N–H and O–H groups in total. The molecule has 0 bridgehead atoms. The number of nitrogens with zero attached hydrogens (tertiary/aromatic N) is 4. The summed E-state index contributed by atoms with van der Waals surface area (Å²) in [6.45, 7) is 10.8. The molecule has 5 nitrogen and oxygen atoms in total. The minimum Gasteiger partial charge on any atom is -0.493 e. The van der Waals surface area contributed by atoms with Gasteiger partial charge in [0.15, 0.2) is 16.7 Å². The maximum atomic E-state index is 6.22. The topological polar surface area (TPSA) is 51.1 Å². The van der Waals surface area contributed by atoms with Crippen molar-refractivity contribution in [1.82, 2.24) is 15.0 Å². The van der Waals surface area contributed by atoms with E-state index in [0.717, 1.165) is 17.9 Å². The van der Waals surface area contributed by atoms with Crippen molar-refractivity contribution in [3.63, 3.8) is 0 Å². The maximum absolute atomic E-state index is 6.22. The van der Waals surface area contributed by atoms with Gasteiger partial charge < -0.3 is 9.64 Å². The van der Waals surface area contributed by atoms with E-state index in [2.05, 4.69) is 46.4 Å². The molecule has 0 fully saturated rings. The van der Waals surface area contributed by atoms with Gasteiger partial charge in [-0.15, -0.1) is 0 Å². The average Bonchev–Trinajstić information content (AvgIpc) is 2.61. The zero-order valence-corrected chi connectivity index (χ0v) is 15.8. The molecule has 0 aromatic carbocycles. The monoisotopic (exact) mass is 358 g/mol. The van der Waals surface area contributed by atoms with E-state index in [1.54, 1.807) is 19.3 Å². The van der Waals surface area contributed by atoms with E-state index in [4.69, 9.17) is 16.3 Å². The van der Waals surface area contributed by atoms with Crippen LogP contribution in [-0.4, -0.2) is 34.6 Å². The normalized spacial score (nSPS) is 13.2. The van der Waals surface area contributed by atoms with Crippen LogP contribution in [0.4, 0.5) is 5.82 Å². The Morgan fingerprint density at radius 1 is 1.44 bits per heavy atom. The van der Waals surface area contributed by atoms with Crippen molar-refractivity contribution in [3.8, 4) is 5.75 Å². The second-order valence-electron chi connectivity index (χ2n) is 5.41. The summed E-state index contributed by atoms with van der Waals surface area (Å²) in [7, 11) is 1.56. The van der Waals surface area contributed by atoms with Crippen LogP contribution in [0.25, 0.3) is 11.0 Å². The van der Waals surface area contributed by atoms with Crippen molar-refractivity contribution < 1.29 is 4.74 Å². The third kappa shape index (κ3) is 3.99. The number of ether oxygens (including phenoxy) is 1. The Hall–Kier alpha value is -2.40. The molecule has 2 aromatic rings. The number of methoxy groups -OCH3 is 1. The van der Waals surface area contributed by atoms with Crippen LogP contribution in [0.2, 0.25) is 5.15 Å². The molecule has 0 saturated carbocycles. The van der Waals surface area contributed by atoms with Crippen molar-refractivity contribution in [3.05, 3.63) is 54.0 Å². The zero-order valence-electron chi connectivity index (χ0n) is 15.0. The lowest BCUT2D eigenvalue weighted by Crippen LogP contribution is -2.35. The lowest BCUT2D eigenvalue weighted by Gasteiger charge is -2.30. The summed E-state index contributed by atoms with van der Waals surface area (Å²) in [5.41, 5.74) is 2.48. The fourth-order valence-electron chi connectivity index (χ4n) is 2.74. The molecule has 0 radical (unpaired) electrons. The van der Waals surface area contributed by atoms with Crippen LogP contribution in [0.3, 0.4) is 0 Å². The van der Waals surface area contributed by atoms with E-state index < -0.39 is 0 Å². The number of likely N-dealkylation sites (N-methyl/N-ethyl adjacent to an activating group) is 1. The number of fused-ring (bicyclic) bond motifs is 1. The highest BCUT2D eigenvalue weighted by Gasteiger charge is 2.21. The highest BCUT2D eigenvalue weighted by atomic mass is 35.5. The molecule has 0 amide bonds. The van der Waals surface area contributed by atoms with Gasteiger partial charge in [-0.3, -0.25) is 0 Å². The summed E-state index contributed by atoms with van der Waals surface area (Å²) in [5, 5.41) is 0.296. The second kappa shape index (κ2) is 8.62.